The van der Waals surface area contributed by atoms with Crippen LogP contribution in [0.2, 0.25) is 0 Å². The zero-order valence-electron chi connectivity index (χ0n) is 13.5. The zero-order valence-corrected chi connectivity index (χ0v) is 13.5. The van der Waals surface area contributed by atoms with Crippen LogP contribution in [0.4, 0.5) is 5.82 Å². The maximum Gasteiger partial charge on any atom is 0.226 e. The van der Waals surface area contributed by atoms with E-state index in [4.69, 9.17) is 0 Å². The molecule has 0 saturated carbocycles. The van der Waals surface area contributed by atoms with Gasteiger partial charge in [0.15, 0.2) is 5.82 Å². The maximum atomic E-state index is 12.4. The molecule has 0 unspecified atom stereocenters. The smallest absolute Gasteiger partial charge is 0.226 e. The van der Waals surface area contributed by atoms with Crippen LogP contribution >= 0.6 is 0 Å². The molecule has 1 N–H and O–H groups in total. The van der Waals surface area contributed by atoms with E-state index in [9.17, 15) is 4.79 Å². The van der Waals surface area contributed by atoms with Gasteiger partial charge < -0.3 is 10.2 Å². The molecule has 0 bridgehead atoms. The number of carbonyl (C=O) groups is 1. The molecule has 0 aromatic carbocycles. The molecular weight excluding hydrogens is 264 g/mol. The van der Waals surface area contributed by atoms with Crippen molar-refractivity contribution in [2.75, 3.05) is 24.5 Å². The lowest BCUT2D eigenvalue weighted by atomic mass is 9.79. The number of carbonyl (C=O) groups excluding carboxylic acids is 1. The summed E-state index contributed by atoms with van der Waals surface area (Å²) in [5.74, 6) is 1.58. The molecule has 1 aromatic rings. The van der Waals surface area contributed by atoms with Gasteiger partial charge in [-0.2, -0.15) is 5.10 Å². The van der Waals surface area contributed by atoms with E-state index in [1.165, 1.54) is 0 Å². The number of rotatable bonds is 4. The number of aryl methyl sites for hydroxylation is 1. The monoisotopic (exact) mass is 290 g/mol. The largest absolute Gasteiger partial charge is 0.355 e. The van der Waals surface area contributed by atoms with Crippen LogP contribution in [0.5, 0.6) is 0 Å². The summed E-state index contributed by atoms with van der Waals surface area (Å²) in [6.45, 7) is 10.7. The molecule has 116 valence electrons. The molecule has 1 fully saturated rings. The predicted octanol–water partition coefficient (Wildman–Crippen LogP) is 2.16. The lowest BCUT2D eigenvalue weighted by Gasteiger charge is -2.38. The van der Waals surface area contributed by atoms with E-state index >= 15 is 0 Å². The number of nitrogens with zero attached hydrogens (tertiary/aromatic N) is 3. The Kier molecular flexibility index (Phi) is 4.80. The highest BCUT2D eigenvalue weighted by Gasteiger charge is 2.37. The Bertz CT molecular complexity index is 476. The van der Waals surface area contributed by atoms with Crippen molar-refractivity contribution in [3.63, 3.8) is 0 Å². The van der Waals surface area contributed by atoms with Crippen molar-refractivity contribution in [1.82, 2.24) is 15.5 Å². The van der Waals surface area contributed by atoms with Crippen LogP contribution in [0.1, 0.15) is 39.3 Å². The summed E-state index contributed by atoms with van der Waals surface area (Å²) in [5.41, 5.74) is 0.664. The van der Waals surface area contributed by atoms with Gasteiger partial charge in [0.25, 0.3) is 0 Å². The van der Waals surface area contributed by atoms with Crippen molar-refractivity contribution in [1.29, 1.82) is 0 Å². The number of anilines is 1. The zero-order chi connectivity index (χ0) is 15.5. The predicted molar refractivity (Wildman–Crippen MR) is 84.2 cm³/mol. The number of aromatic nitrogens is 2. The van der Waals surface area contributed by atoms with Crippen molar-refractivity contribution in [3.05, 3.63) is 17.8 Å². The minimum Gasteiger partial charge on any atom is -0.355 e. The number of amides is 1. The Morgan fingerprint density at radius 2 is 2.00 bits per heavy atom. The average molecular weight is 290 g/mol. The molecule has 1 aliphatic rings. The molecule has 21 heavy (non-hydrogen) atoms. The highest BCUT2D eigenvalue weighted by atomic mass is 16.2. The molecule has 1 amide bonds. The second-order valence-corrected chi connectivity index (χ2v) is 6.68. The summed E-state index contributed by atoms with van der Waals surface area (Å²) < 4.78 is 0. The Labute approximate surface area is 127 Å². The van der Waals surface area contributed by atoms with E-state index in [0.717, 1.165) is 44.0 Å². The Morgan fingerprint density at radius 3 is 2.52 bits per heavy atom. The van der Waals surface area contributed by atoms with Gasteiger partial charge in [0.2, 0.25) is 5.91 Å². The molecule has 0 atom stereocenters. The van der Waals surface area contributed by atoms with E-state index in [1.807, 2.05) is 19.1 Å². The average Bonchev–Trinajstić information content (AvgIpc) is 2.46. The number of piperidine rings is 1. The van der Waals surface area contributed by atoms with Gasteiger partial charge >= 0.3 is 0 Å². The molecule has 1 aromatic heterocycles. The molecule has 5 nitrogen and oxygen atoms in total. The van der Waals surface area contributed by atoms with Gasteiger partial charge in [-0.1, -0.05) is 20.8 Å². The first kappa shape index (κ1) is 15.7. The fourth-order valence-electron chi connectivity index (χ4n) is 2.53. The molecule has 0 spiro atoms. The summed E-state index contributed by atoms with van der Waals surface area (Å²) >= 11 is 0. The summed E-state index contributed by atoms with van der Waals surface area (Å²) in [6.07, 6.45) is 1.71. The van der Waals surface area contributed by atoms with Gasteiger partial charge in [-0.3, -0.25) is 4.79 Å². The highest BCUT2D eigenvalue weighted by molar-refractivity contribution is 5.82. The molecule has 1 saturated heterocycles. The quantitative estimate of drug-likeness (QED) is 0.923. The Hall–Kier alpha value is -1.65. The first-order chi connectivity index (χ1) is 9.90. The van der Waals surface area contributed by atoms with Gasteiger partial charge in [-0.25, -0.2) is 0 Å². The second-order valence-electron chi connectivity index (χ2n) is 6.68. The van der Waals surface area contributed by atoms with Crippen molar-refractivity contribution < 1.29 is 4.79 Å². The van der Waals surface area contributed by atoms with Gasteiger partial charge in [-0.15, -0.1) is 5.10 Å². The summed E-state index contributed by atoms with van der Waals surface area (Å²) in [5, 5.41) is 11.4. The van der Waals surface area contributed by atoms with E-state index in [2.05, 4.69) is 41.2 Å². The maximum absolute atomic E-state index is 12.4. The third-order valence-electron chi connectivity index (χ3n) is 4.19. The standard InChI is InChI=1S/C16H26N4O/c1-12(2)11-17-15(21)16(4)7-9-20(10-8-16)14-6-5-13(3)18-19-14/h5-6,12H,7-11H2,1-4H3,(H,17,21). The van der Waals surface area contributed by atoms with Crippen LogP contribution in [0.25, 0.3) is 0 Å². The summed E-state index contributed by atoms with van der Waals surface area (Å²) in [6, 6.07) is 3.98. The van der Waals surface area contributed by atoms with E-state index in [0.29, 0.717) is 5.92 Å². The SMILES string of the molecule is Cc1ccc(N2CCC(C)(C(=O)NCC(C)C)CC2)nn1. The third-order valence-corrected chi connectivity index (χ3v) is 4.19. The van der Waals surface area contributed by atoms with Crippen LogP contribution < -0.4 is 10.2 Å². The van der Waals surface area contributed by atoms with E-state index < -0.39 is 0 Å². The summed E-state index contributed by atoms with van der Waals surface area (Å²) in [4.78, 5) is 14.6. The van der Waals surface area contributed by atoms with Crippen molar-refractivity contribution in [2.24, 2.45) is 11.3 Å². The third kappa shape index (κ3) is 3.93. The summed E-state index contributed by atoms with van der Waals surface area (Å²) in [7, 11) is 0. The Morgan fingerprint density at radius 1 is 1.33 bits per heavy atom. The molecule has 2 rings (SSSR count). The molecule has 1 aliphatic heterocycles. The minimum absolute atomic E-state index is 0.186. The van der Waals surface area contributed by atoms with Crippen LogP contribution in [-0.2, 0) is 4.79 Å². The van der Waals surface area contributed by atoms with Crippen LogP contribution in [0.15, 0.2) is 12.1 Å². The molecule has 5 heteroatoms. The van der Waals surface area contributed by atoms with Crippen molar-refractivity contribution in [3.8, 4) is 0 Å². The van der Waals surface area contributed by atoms with Crippen LogP contribution in [0.3, 0.4) is 0 Å². The normalized spacial score (nSPS) is 17.9. The molecule has 0 aliphatic carbocycles. The number of hydrogen-bond donors (Lipinski definition) is 1. The number of hydrogen-bond acceptors (Lipinski definition) is 4. The lowest BCUT2D eigenvalue weighted by molar-refractivity contribution is -0.131. The van der Waals surface area contributed by atoms with Gasteiger partial charge in [0.1, 0.15) is 0 Å². The van der Waals surface area contributed by atoms with Gasteiger partial charge in [0, 0.05) is 25.0 Å². The highest BCUT2D eigenvalue weighted by Crippen LogP contribution is 2.32. The fraction of sp³-hybridized carbons (Fsp3) is 0.688. The van der Waals surface area contributed by atoms with Crippen molar-refractivity contribution >= 4 is 11.7 Å². The van der Waals surface area contributed by atoms with Crippen LogP contribution in [-0.4, -0.2) is 35.7 Å². The van der Waals surface area contributed by atoms with Gasteiger partial charge in [-0.05, 0) is 37.8 Å². The first-order valence-electron chi connectivity index (χ1n) is 7.74. The number of nitrogens with one attached hydrogen (secondary N) is 1. The second kappa shape index (κ2) is 6.41. The molecule has 2 heterocycles. The van der Waals surface area contributed by atoms with E-state index in [1.54, 1.807) is 0 Å². The van der Waals surface area contributed by atoms with E-state index in [-0.39, 0.29) is 11.3 Å². The Balaban J connectivity index is 1.92. The lowest BCUT2D eigenvalue weighted by Crippen LogP contribution is -2.48. The first-order valence-corrected chi connectivity index (χ1v) is 7.74. The minimum atomic E-state index is -0.260. The molecule has 0 radical (unpaired) electrons. The topological polar surface area (TPSA) is 58.1 Å². The fourth-order valence-corrected chi connectivity index (χ4v) is 2.53. The van der Waals surface area contributed by atoms with Crippen LogP contribution in [0, 0.1) is 18.3 Å². The van der Waals surface area contributed by atoms with Gasteiger partial charge in [0.05, 0.1) is 5.69 Å². The molecular formula is C16H26N4O. The van der Waals surface area contributed by atoms with Crippen molar-refractivity contribution in [2.45, 2.75) is 40.5 Å².